The molecule has 0 aromatic carbocycles. The minimum Gasteiger partial charge on any atom is -0.389 e. The van der Waals surface area contributed by atoms with Crippen LogP contribution in [0.2, 0.25) is 0 Å². The van der Waals surface area contributed by atoms with Gasteiger partial charge in [0.25, 0.3) is 0 Å². The topological polar surface area (TPSA) is 57.5 Å². The molecule has 0 saturated carbocycles. The molecule has 0 fully saturated rings. The summed E-state index contributed by atoms with van der Waals surface area (Å²) in [6.45, 7) is 6.22. The number of hydrogen-bond donors (Lipinski definition) is 2. The van der Waals surface area contributed by atoms with Crippen molar-refractivity contribution in [2.45, 2.75) is 38.5 Å². The first kappa shape index (κ1) is 10.2. The molecule has 0 bridgehead atoms. The third-order valence-electron chi connectivity index (χ3n) is 2.06. The monoisotopic (exact) mass is 166 g/mol. The summed E-state index contributed by atoms with van der Waals surface area (Å²) in [5, 5.41) is 8.48. The van der Waals surface area contributed by atoms with E-state index < -0.39 is 18.8 Å². The second kappa shape index (κ2) is 2.65. The Bertz CT molecular complexity index is 146. The predicted octanol–water partition coefficient (Wildman–Crippen LogP) is 1.00. The Hall–Kier alpha value is 0.150. The van der Waals surface area contributed by atoms with Gasteiger partial charge in [-0.05, 0) is 27.7 Å². The summed E-state index contributed by atoms with van der Waals surface area (Å²) in [6.07, 6.45) is 0. The Kier molecular flexibility index (Phi) is 2.69. The van der Waals surface area contributed by atoms with E-state index in [9.17, 15) is 9.67 Å². The fourth-order valence-electron chi connectivity index (χ4n) is 0.262. The van der Waals surface area contributed by atoms with Crippen molar-refractivity contribution in [2.75, 3.05) is 0 Å². The van der Waals surface area contributed by atoms with E-state index in [1.807, 2.05) is 0 Å². The summed E-state index contributed by atoms with van der Waals surface area (Å²) < 4.78 is 10.7. The van der Waals surface area contributed by atoms with Gasteiger partial charge in [-0.15, -0.1) is 0 Å². The van der Waals surface area contributed by atoms with Crippen molar-refractivity contribution >= 4 is 8.03 Å². The van der Waals surface area contributed by atoms with Crippen molar-refractivity contribution in [3.63, 3.8) is 0 Å². The van der Waals surface area contributed by atoms with Gasteiger partial charge in [0.15, 0.2) is 8.03 Å². The Morgan fingerprint density at radius 2 is 1.50 bits per heavy atom. The quantitative estimate of drug-likeness (QED) is 0.602. The van der Waals surface area contributed by atoms with Crippen LogP contribution in [-0.2, 0) is 4.57 Å². The molecular formula is C6H15O3P. The lowest BCUT2D eigenvalue weighted by atomic mass is 9.94. The van der Waals surface area contributed by atoms with Crippen LogP contribution in [0.3, 0.4) is 0 Å². The minimum atomic E-state index is -2.67. The number of rotatable bonds is 2. The summed E-state index contributed by atoms with van der Waals surface area (Å²) in [5.41, 5.74) is -1.10. The predicted molar refractivity (Wildman–Crippen MR) is 41.6 cm³/mol. The van der Waals surface area contributed by atoms with E-state index in [-0.39, 0.29) is 0 Å². The van der Waals surface area contributed by atoms with Crippen LogP contribution >= 0.6 is 8.03 Å². The summed E-state index contributed by atoms with van der Waals surface area (Å²) >= 11 is 0. The third kappa shape index (κ3) is 1.82. The molecule has 0 heterocycles. The highest BCUT2D eigenvalue weighted by molar-refractivity contribution is 7.40. The maximum atomic E-state index is 10.7. The highest BCUT2D eigenvalue weighted by Gasteiger charge is 2.39. The van der Waals surface area contributed by atoms with Crippen LogP contribution in [0.4, 0.5) is 0 Å². The molecule has 1 atom stereocenters. The molecule has 4 heteroatoms. The van der Waals surface area contributed by atoms with Gasteiger partial charge < -0.3 is 10.00 Å². The van der Waals surface area contributed by atoms with Crippen LogP contribution in [0.15, 0.2) is 0 Å². The SMILES string of the molecule is CC(C)(O)C(C)(C)[PH](=O)O. The molecule has 3 nitrogen and oxygen atoms in total. The normalized spacial score (nSPS) is 17.0. The Morgan fingerprint density at radius 1 is 1.20 bits per heavy atom. The molecule has 2 N–H and O–H groups in total. The van der Waals surface area contributed by atoms with Crippen molar-refractivity contribution in [2.24, 2.45) is 0 Å². The molecule has 0 aliphatic heterocycles. The van der Waals surface area contributed by atoms with Gasteiger partial charge in [0.1, 0.15) is 0 Å². The molecule has 0 aliphatic carbocycles. The van der Waals surface area contributed by atoms with Gasteiger partial charge in [0.2, 0.25) is 0 Å². The van der Waals surface area contributed by atoms with Crippen molar-refractivity contribution in [3.05, 3.63) is 0 Å². The molecule has 0 aliphatic rings. The average molecular weight is 166 g/mol. The zero-order valence-electron chi connectivity index (χ0n) is 6.80. The van der Waals surface area contributed by atoms with Gasteiger partial charge in [0, 0.05) is 0 Å². The molecule has 10 heavy (non-hydrogen) atoms. The molecule has 0 amide bonds. The van der Waals surface area contributed by atoms with E-state index in [2.05, 4.69) is 0 Å². The largest absolute Gasteiger partial charge is 0.389 e. The first-order valence-electron chi connectivity index (χ1n) is 3.15. The number of hydrogen-bond acceptors (Lipinski definition) is 2. The molecule has 0 aromatic rings. The first-order valence-corrected chi connectivity index (χ1v) is 4.51. The summed E-state index contributed by atoms with van der Waals surface area (Å²) in [6, 6.07) is 0. The Labute approximate surface area is 61.9 Å². The highest BCUT2D eigenvalue weighted by Crippen LogP contribution is 2.42. The smallest absolute Gasteiger partial charge is 0.197 e. The van der Waals surface area contributed by atoms with Crippen LogP contribution < -0.4 is 0 Å². The molecule has 62 valence electrons. The average Bonchev–Trinajstić information content (AvgIpc) is 1.62. The fourth-order valence-corrected chi connectivity index (χ4v) is 0.785. The Balaban J connectivity index is 4.57. The van der Waals surface area contributed by atoms with Crippen molar-refractivity contribution < 1.29 is 14.6 Å². The third-order valence-corrected chi connectivity index (χ3v) is 3.75. The molecule has 0 spiro atoms. The lowest BCUT2D eigenvalue weighted by molar-refractivity contribution is 0.0427. The maximum Gasteiger partial charge on any atom is 0.197 e. The second-order valence-electron chi connectivity index (χ2n) is 3.49. The van der Waals surface area contributed by atoms with E-state index in [4.69, 9.17) is 4.89 Å². The van der Waals surface area contributed by atoms with Crippen LogP contribution in [-0.4, -0.2) is 20.8 Å². The van der Waals surface area contributed by atoms with Gasteiger partial charge in [0.05, 0.1) is 10.8 Å². The van der Waals surface area contributed by atoms with Crippen molar-refractivity contribution in [1.29, 1.82) is 0 Å². The maximum absolute atomic E-state index is 10.7. The van der Waals surface area contributed by atoms with Gasteiger partial charge in [-0.25, -0.2) is 0 Å². The highest BCUT2D eigenvalue weighted by atomic mass is 31.1. The molecule has 1 unspecified atom stereocenters. The number of aliphatic hydroxyl groups is 1. The molecular weight excluding hydrogens is 151 g/mol. The van der Waals surface area contributed by atoms with Crippen molar-refractivity contribution in [1.82, 2.24) is 0 Å². The lowest BCUT2D eigenvalue weighted by Gasteiger charge is -2.34. The van der Waals surface area contributed by atoms with Crippen LogP contribution in [0.25, 0.3) is 0 Å². The van der Waals surface area contributed by atoms with Gasteiger partial charge in [-0.3, -0.25) is 4.57 Å². The van der Waals surface area contributed by atoms with Crippen LogP contribution in [0, 0.1) is 0 Å². The van der Waals surface area contributed by atoms with E-state index >= 15 is 0 Å². The van der Waals surface area contributed by atoms with E-state index in [0.717, 1.165) is 0 Å². The molecule has 0 aromatic heterocycles. The Morgan fingerprint density at radius 3 is 1.50 bits per heavy atom. The summed E-state index contributed by atoms with van der Waals surface area (Å²) in [7, 11) is -2.67. The first-order chi connectivity index (χ1) is 4.19. The van der Waals surface area contributed by atoms with Gasteiger partial charge >= 0.3 is 0 Å². The van der Waals surface area contributed by atoms with Gasteiger partial charge in [-0.1, -0.05) is 0 Å². The van der Waals surface area contributed by atoms with E-state index in [0.29, 0.717) is 0 Å². The summed E-state index contributed by atoms with van der Waals surface area (Å²) in [4.78, 5) is 8.80. The van der Waals surface area contributed by atoms with E-state index in [1.165, 1.54) is 13.8 Å². The molecule has 0 rings (SSSR count). The minimum absolute atomic E-state index is 0.905. The molecule has 0 saturated heterocycles. The zero-order chi connectivity index (χ0) is 8.58. The van der Waals surface area contributed by atoms with E-state index in [1.54, 1.807) is 13.8 Å². The lowest BCUT2D eigenvalue weighted by Crippen LogP contribution is -2.41. The second-order valence-corrected chi connectivity index (χ2v) is 5.35. The molecule has 0 radical (unpaired) electrons. The standard InChI is InChI=1S/C6H15O3P/c1-5(2,7)6(3,4)10(8)9/h7,10H,1-4H3,(H,8,9). The van der Waals surface area contributed by atoms with Crippen LogP contribution in [0.1, 0.15) is 27.7 Å². The van der Waals surface area contributed by atoms with Crippen LogP contribution in [0.5, 0.6) is 0 Å². The fraction of sp³-hybridized carbons (Fsp3) is 1.00. The zero-order valence-corrected chi connectivity index (χ0v) is 7.80. The van der Waals surface area contributed by atoms with Crippen molar-refractivity contribution in [3.8, 4) is 0 Å². The summed E-state index contributed by atoms with van der Waals surface area (Å²) in [5.74, 6) is 0. The van der Waals surface area contributed by atoms with Gasteiger partial charge in [-0.2, -0.15) is 0 Å².